The van der Waals surface area contributed by atoms with Crippen LogP contribution >= 0.6 is 11.8 Å². The third-order valence-corrected chi connectivity index (χ3v) is 4.77. The van der Waals surface area contributed by atoms with Gasteiger partial charge >= 0.3 is 0 Å². The van der Waals surface area contributed by atoms with E-state index in [1.165, 1.54) is 18.7 Å². The maximum absolute atomic E-state index is 12.2. The first kappa shape index (κ1) is 16.4. The summed E-state index contributed by atoms with van der Waals surface area (Å²) in [5.41, 5.74) is 0. The lowest BCUT2D eigenvalue weighted by atomic mass is 9.97. The molecule has 118 valence electrons. The molecular formula is C16H27N3OS. The SMILES string of the molecule is CCCCn1ccnc1C1CCCN(C(=O)CCSC)C1. The topological polar surface area (TPSA) is 38.1 Å². The van der Waals surface area contributed by atoms with Crippen molar-refractivity contribution in [1.29, 1.82) is 0 Å². The van der Waals surface area contributed by atoms with Gasteiger partial charge in [-0.1, -0.05) is 13.3 Å². The number of aromatic nitrogens is 2. The van der Waals surface area contributed by atoms with Crippen LogP contribution in [-0.2, 0) is 11.3 Å². The highest BCUT2D eigenvalue weighted by Crippen LogP contribution is 2.26. The van der Waals surface area contributed by atoms with Crippen molar-refractivity contribution in [3.63, 3.8) is 0 Å². The number of carbonyl (C=O) groups is 1. The van der Waals surface area contributed by atoms with Crippen LogP contribution in [0.1, 0.15) is 50.8 Å². The molecule has 1 fully saturated rings. The number of thioether (sulfide) groups is 1. The number of likely N-dealkylation sites (tertiary alicyclic amines) is 1. The van der Waals surface area contributed by atoms with Gasteiger partial charge in [-0.3, -0.25) is 4.79 Å². The third kappa shape index (κ3) is 4.50. The second-order valence-corrected chi connectivity index (χ2v) is 6.74. The van der Waals surface area contributed by atoms with E-state index < -0.39 is 0 Å². The second kappa shape index (κ2) is 8.47. The summed E-state index contributed by atoms with van der Waals surface area (Å²) < 4.78 is 2.28. The van der Waals surface area contributed by atoms with E-state index in [0.717, 1.165) is 38.2 Å². The first-order valence-electron chi connectivity index (χ1n) is 8.04. The lowest BCUT2D eigenvalue weighted by molar-refractivity contribution is -0.132. The lowest BCUT2D eigenvalue weighted by Crippen LogP contribution is -2.39. The summed E-state index contributed by atoms with van der Waals surface area (Å²) in [6.07, 6.45) is 11.3. The molecule has 1 aliphatic heterocycles. The van der Waals surface area contributed by atoms with Crippen molar-refractivity contribution in [2.24, 2.45) is 0 Å². The van der Waals surface area contributed by atoms with Crippen LogP contribution in [0.2, 0.25) is 0 Å². The Balaban J connectivity index is 1.97. The number of amides is 1. The summed E-state index contributed by atoms with van der Waals surface area (Å²) in [6.45, 7) is 5.02. The van der Waals surface area contributed by atoms with Crippen molar-refractivity contribution in [2.45, 2.75) is 51.5 Å². The van der Waals surface area contributed by atoms with E-state index in [2.05, 4.69) is 28.9 Å². The molecule has 0 spiro atoms. The van der Waals surface area contributed by atoms with Crippen LogP contribution in [0, 0.1) is 0 Å². The number of carbonyl (C=O) groups excluding carboxylic acids is 1. The predicted molar refractivity (Wildman–Crippen MR) is 88.7 cm³/mol. The molecule has 1 amide bonds. The molecule has 0 N–H and O–H groups in total. The number of aryl methyl sites for hydroxylation is 1. The van der Waals surface area contributed by atoms with Gasteiger partial charge < -0.3 is 9.47 Å². The quantitative estimate of drug-likeness (QED) is 0.776. The molecule has 0 aliphatic carbocycles. The van der Waals surface area contributed by atoms with E-state index in [-0.39, 0.29) is 0 Å². The lowest BCUT2D eigenvalue weighted by Gasteiger charge is -2.32. The van der Waals surface area contributed by atoms with Crippen molar-refractivity contribution in [2.75, 3.05) is 25.1 Å². The molecule has 0 bridgehead atoms. The van der Waals surface area contributed by atoms with Gasteiger partial charge in [0.2, 0.25) is 5.91 Å². The first-order valence-corrected chi connectivity index (χ1v) is 9.43. The Hall–Kier alpha value is -0.970. The number of piperidine rings is 1. The summed E-state index contributed by atoms with van der Waals surface area (Å²) >= 11 is 1.74. The molecule has 1 aromatic heterocycles. The zero-order valence-corrected chi connectivity index (χ0v) is 14.1. The highest BCUT2D eigenvalue weighted by Gasteiger charge is 2.26. The summed E-state index contributed by atoms with van der Waals surface area (Å²) in [5.74, 6) is 2.81. The average molecular weight is 309 g/mol. The van der Waals surface area contributed by atoms with Crippen LogP contribution in [0.25, 0.3) is 0 Å². The standard InChI is InChI=1S/C16H27N3OS/c1-3-4-9-18-11-8-17-16(18)14-6-5-10-19(13-14)15(20)7-12-21-2/h8,11,14H,3-7,9-10,12-13H2,1-2H3. The fourth-order valence-electron chi connectivity index (χ4n) is 2.96. The summed E-state index contributed by atoms with van der Waals surface area (Å²) in [6, 6.07) is 0. The van der Waals surface area contributed by atoms with Gasteiger partial charge in [-0.15, -0.1) is 0 Å². The second-order valence-electron chi connectivity index (χ2n) is 5.75. The van der Waals surface area contributed by atoms with Gasteiger partial charge in [0, 0.05) is 50.1 Å². The number of rotatable bonds is 7. The van der Waals surface area contributed by atoms with Crippen LogP contribution < -0.4 is 0 Å². The maximum Gasteiger partial charge on any atom is 0.223 e. The number of unbranched alkanes of at least 4 members (excludes halogenated alkanes) is 1. The van der Waals surface area contributed by atoms with Crippen LogP contribution in [-0.4, -0.2) is 45.5 Å². The Kier molecular flexibility index (Phi) is 6.61. The van der Waals surface area contributed by atoms with Gasteiger partial charge in [0.15, 0.2) is 0 Å². The van der Waals surface area contributed by atoms with Gasteiger partial charge in [0.05, 0.1) is 0 Å². The van der Waals surface area contributed by atoms with E-state index in [4.69, 9.17) is 0 Å². The average Bonchev–Trinajstić information content (AvgIpc) is 2.99. The monoisotopic (exact) mass is 309 g/mol. The smallest absolute Gasteiger partial charge is 0.223 e. The van der Waals surface area contributed by atoms with E-state index in [0.29, 0.717) is 18.2 Å². The van der Waals surface area contributed by atoms with Gasteiger partial charge in [0.25, 0.3) is 0 Å². The first-order chi connectivity index (χ1) is 10.3. The molecule has 0 aromatic carbocycles. The number of hydrogen-bond donors (Lipinski definition) is 0. The maximum atomic E-state index is 12.2. The van der Waals surface area contributed by atoms with Gasteiger partial charge in [-0.25, -0.2) is 4.98 Å². The van der Waals surface area contributed by atoms with Crippen LogP contribution in [0.15, 0.2) is 12.4 Å². The third-order valence-electron chi connectivity index (χ3n) is 4.16. The Bertz CT molecular complexity index is 446. The van der Waals surface area contributed by atoms with Crippen LogP contribution in [0.5, 0.6) is 0 Å². The molecule has 0 saturated carbocycles. The van der Waals surface area contributed by atoms with Crippen LogP contribution in [0.3, 0.4) is 0 Å². The Morgan fingerprint density at radius 1 is 1.52 bits per heavy atom. The molecule has 1 aromatic rings. The summed E-state index contributed by atoms with van der Waals surface area (Å²) in [5, 5.41) is 0. The largest absolute Gasteiger partial charge is 0.342 e. The minimum Gasteiger partial charge on any atom is -0.342 e. The number of hydrogen-bond acceptors (Lipinski definition) is 3. The predicted octanol–water partition coefficient (Wildman–Crippen LogP) is 3.14. The molecule has 1 saturated heterocycles. The molecule has 2 rings (SSSR count). The Morgan fingerprint density at radius 3 is 3.14 bits per heavy atom. The molecule has 0 radical (unpaired) electrons. The van der Waals surface area contributed by atoms with Gasteiger partial charge in [0.1, 0.15) is 5.82 Å². The molecule has 1 unspecified atom stereocenters. The number of imidazole rings is 1. The fourth-order valence-corrected chi connectivity index (χ4v) is 3.34. The van der Waals surface area contributed by atoms with E-state index >= 15 is 0 Å². The molecule has 21 heavy (non-hydrogen) atoms. The normalized spacial score (nSPS) is 19.0. The fraction of sp³-hybridized carbons (Fsp3) is 0.750. The Labute approximate surface area is 132 Å². The minimum absolute atomic E-state index is 0.306. The van der Waals surface area contributed by atoms with Crippen molar-refractivity contribution in [3.8, 4) is 0 Å². The van der Waals surface area contributed by atoms with E-state index in [1.54, 1.807) is 11.8 Å². The highest BCUT2D eigenvalue weighted by atomic mass is 32.2. The van der Waals surface area contributed by atoms with Crippen molar-refractivity contribution < 1.29 is 4.79 Å². The van der Waals surface area contributed by atoms with Gasteiger partial charge in [-0.05, 0) is 25.5 Å². The summed E-state index contributed by atoms with van der Waals surface area (Å²) in [7, 11) is 0. The van der Waals surface area contributed by atoms with E-state index in [9.17, 15) is 4.79 Å². The Morgan fingerprint density at radius 2 is 2.38 bits per heavy atom. The van der Waals surface area contributed by atoms with E-state index in [1.807, 2.05) is 11.1 Å². The highest BCUT2D eigenvalue weighted by molar-refractivity contribution is 7.98. The molecule has 1 aliphatic rings. The van der Waals surface area contributed by atoms with Crippen molar-refractivity contribution in [1.82, 2.24) is 14.5 Å². The molecule has 4 nitrogen and oxygen atoms in total. The number of nitrogens with zero attached hydrogens (tertiary/aromatic N) is 3. The zero-order chi connectivity index (χ0) is 15.1. The van der Waals surface area contributed by atoms with Crippen molar-refractivity contribution >= 4 is 17.7 Å². The molecule has 1 atom stereocenters. The molecule has 5 heteroatoms. The summed E-state index contributed by atoms with van der Waals surface area (Å²) in [4.78, 5) is 18.8. The van der Waals surface area contributed by atoms with Crippen LogP contribution in [0.4, 0.5) is 0 Å². The minimum atomic E-state index is 0.306. The van der Waals surface area contributed by atoms with Gasteiger partial charge in [-0.2, -0.15) is 11.8 Å². The van der Waals surface area contributed by atoms with Crippen molar-refractivity contribution in [3.05, 3.63) is 18.2 Å². The molecular weight excluding hydrogens is 282 g/mol. The zero-order valence-electron chi connectivity index (χ0n) is 13.3. The molecule has 2 heterocycles.